The number of rotatable bonds is 5. The van der Waals surface area contributed by atoms with Crippen LogP contribution < -0.4 is 5.32 Å². The van der Waals surface area contributed by atoms with Gasteiger partial charge in [0, 0.05) is 55.2 Å². The number of nitrogens with zero attached hydrogens (tertiary/aromatic N) is 3. The van der Waals surface area contributed by atoms with Crippen molar-refractivity contribution in [2.75, 3.05) is 32.9 Å². The molecule has 1 aromatic carbocycles. The van der Waals surface area contributed by atoms with E-state index in [1.165, 1.54) is 5.56 Å². The minimum atomic E-state index is -0.314. The number of aromatic nitrogens is 1. The first-order chi connectivity index (χ1) is 14.4. The third kappa shape index (κ3) is 3.43. The van der Waals surface area contributed by atoms with Crippen molar-refractivity contribution in [2.24, 2.45) is 0 Å². The summed E-state index contributed by atoms with van der Waals surface area (Å²) >= 11 is 1.65. The zero-order valence-electron chi connectivity index (χ0n) is 17.9. The molecular weight excluding hydrogens is 402 g/mol. The van der Waals surface area contributed by atoms with Crippen LogP contribution in [-0.4, -0.2) is 70.8 Å². The van der Waals surface area contributed by atoms with Crippen molar-refractivity contribution in [3.05, 3.63) is 33.4 Å². The van der Waals surface area contributed by atoms with Gasteiger partial charge in [-0.25, -0.2) is 4.79 Å². The molecule has 1 saturated heterocycles. The predicted molar refractivity (Wildman–Crippen MR) is 119 cm³/mol. The number of hydrogen-bond donors (Lipinski definition) is 2. The smallest absolute Gasteiger partial charge is 0.317 e. The van der Waals surface area contributed by atoms with E-state index in [2.05, 4.69) is 22.2 Å². The summed E-state index contributed by atoms with van der Waals surface area (Å²) in [7, 11) is 2.10. The maximum Gasteiger partial charge on any atom is 0.317 e. The van der Waals surface area contributed by atoms with E-state index >= 15 is 0 Å². The number of aromatic amines is 1. The lowest BCUT2D eigenvalue weighted by Crippen LogP contribution is -2.56. The van der Waals surface area contributed by atoms with E-state index in [9.17, 15) is 14.9 Å². The second-order valence-corrected chi connectivity index (χ2v) is 9.04. The highest BCUT2D eigenvalue weighted by molar-refractivity contribution is 7.98. The Morgan fingerprint density at radius 3 is 2.77 bits per heavy atom. The highest BCUT2D eigenvalue weighted by Crippen LogP contribution is 2.47. The molecule has 9 heteroatoms. The van der Waals surface area contributed by atoms with Crippen LogP contribution in [0.15, 0.2) is 17.2 Å². The van der Waals surface area contributed by atoms with Crippen molar-refractivity contribution in [2.45, 2.75) is 49.7 Å². The zero-order chi connectivity index (χ0) is 21.6. The van der Waals surface area contributed by atoms with Crippen LogP contribution in [0.2, 0.25) is 0 Å². The van der Waals surface area contributed by atoms with Crippen molar-refractivity contribution in [3.63, 3.8) is 0 Å². The van der Waals surface area contributed by atoms with Gasteiger partial charge < -0.3 is 20.1 Å². The molecule has 2 amide bonds. The first kappa shape index (κ1) is 21.0. The van der Waals surface area contributed by atoms with E-state index in [0.717, 1.165) is 40.9 Å². The number of carbonyl (C=O) groups is 1. The quantitative estimate of drug-likeness (QED) is 0.429. The number of carbonyl (C=O) groups excluding carboxylic acids is 1. The number of non-ortho nitro benzene ring substituents is 1. The van der Waals surface area contributed by atoms with Gasteiger partial charge in [-0.15, -0.1) is 11.8 Å². The molecule has 2 heterocycles. The standard InChI is InChI=1S/C21H29N5O3S/c1-5-25(6-2)21(27)22-12-7-14-15-8-13(26(28)29)9-17-19(15)16(20(23-17)30-4)10-18(14)24(3)11-12/h8-9,12,14,18,23H,5-7,10-11H2,1-4H3,(H,22,27)/t12-,14+,18+/m0/s1. The van der Waals surface area contributed by atoms with Gasteiger partial charge in [0.25, 0.3) is 5.69 Å². The lowest BCUT2D eigenvalue weighted by molar-refractivity contribution is -0.384. The molecule has 0 spiro atoms. The fraction of sp³-hybridized carbons (Fsp3) is 0.571. The summed E-state index contributed by atoms with van der Waals surface area (Å²) in [5.41, 5.74) is 3.27. The molecule has 2 aromatic rings. The van der Waals surface area contributed by atoms with Crippen LogP contribution >= 0.6 is 11.8 Å². The molecular formula is C21H29N5O3S. The summed E-state index contributed by atoms with van der Waals surface area (Å²) in [5.74, 6) is 0.145. The number of nitro benzene ring substituents is 1. The highest BCUT2D eigenvalue weighted by Gasteiger charge is 2.41. The average Bonchev–Trinajstić information content (AvgIpc) is 3.08. The topological polar surface area (TPSA) is 94.5 Å². The van der Waals surface area contributed by atoms with Gasteiger partial charge in [-0.3, -0.25) is 10.1 Å². The monoisotopic (exact) mass is 431 g/mol. The second kappa shape index (κ2) is 8.11. The van der Waals surface area contributed by atoms with Gasteiger partial charge in [0.15, 0.2) is 0 Å². The number of urea groups is 1. The fourth-order valence-electron chi connectivity index (χ4n) is 5.21. The Morgan fingerprint density at radius 1 is 1.40 bits per heavy atom. The van der Waals surface area contributed by atoms with E-state index in [-0.39, 0.29) is 34.6 Å². The number of fused-ring (bicyclic) bond motifs is 2. The number of hydrogen-bond acceptors (Lipinski definition) is 5. The number of likely N-dealkylation sites (tertiary alicyclic amines) is 1. The Morgan fingerprint density at radius 2 is 2.13 bits per heavy atom. The minimum Gasteiger partial charge on any atom is -0.349 e. The normalized spacial score (nSPS) is 23.3. The van der Waals surface area contributed by atoms with Crippen LogP contribution in [0.4, 0.5) is 10.5 Å². The van der Waals surface area contributed by atoms with Gasteiger partial charge in [-0.2, -0.15) is 0 Å². The number of nitrogens with one attached hydrogen (secondary N) is 2. The lowest BCUT2D eigenvalue weighted by Gasteiger charge is -2.46. The molecule has 2 aliphatic rings. The molecule has 1 fully saturated rings. The lowest BCUT2D eigenvalue weighted by atomic mass is 9.74. The SMILES string of the molecule is CCN(CC)C(=O)N[C@H]1C[C@@H]2c3cc([N+](=O)[O-])cc4[nH]c(SC)c(c34)C[C@H]2N(C)C1. The first-order valence-corrected chi connectivity index (χ1v) is 11.7. The summed E-state index contributed by atoms with van der Waals surface area (Å²) in [5, 5.41) is 17.0. The molecule has 8 nitrogen and oxygen atoms in total. The molecule has 2 N–H and O–H groups in total. The summed E-state index contributed by atoms with van der Waals surface area (Å²) in [6.45, 7) is 6.08. The van der Waals surface area contributed by atoms with Gasteiger partial charge in [-0.1, -0.05) is 0 Å². The molecule has 0 bridgehead atoms. The van der Waals surface area contributed by atoms with E-state index in [0.29, 0.717) is 13.1 Å². The molecule has 1 aliphatic carbocycles. The van der Waals surface area contributed by atoms with Crippen molar-refractivity contribution in [3.8, 4) is 0 Å². The maximum atomic E-state index is 12.6. The van der Waals surface area contributed by atoms with Crippen LogP contribution in [-0.2, 0) is 6.42 Å². The summed E-state index contributed by atoms with van der Waals surface area (Å²) in [4.78, 5) is 31.4. The molecule has 162 valence electrons. The molecule has 1 aromatic heterocycles. The number of benzene rings is 1. The number of H-pyrrole nitrogens is 1. The van der Waals surface area contributed by atoms with Gasteiger partial charge in [-0.05, 0) is 51.1 Å². The van der Waals surface area contributed by atoms with Crippen molar-refractivity contribution >= 4 is 34.4 Å². The molecule has 3 atom stereocenters. The number of thioether (sulfide) groups is 1. The van der Waals surface area contributed by atoms with E-state index < -0.39 is 0 Å². The third-order valence-electron chi connectivity index (χ3n) is 6.66. The van der Waals surface area contributed by atoms with Crippen LogP contribution in [0.25, 0.3) is 10.9 Å². The third-order valence-corrected chi connectivity index (χ3v) is 7.42. The number of amides is 2. The average molecular weight is 432 g/mol. The zero-order valence-corrected chi connectivity index (χ0v) is 18.7. The van der Waals surface area contributed by atoms with Gasteiger partial charge in [0.05, 0.1) is 15.5 Å². The van der Waals surface area contributed by atoms with Crippen LogP contribution in [0, 0.1) is 10.1 Å². The second-order valence-electron chi connectivity index (χ2n) is 8.22. The summed E-state index contributed by atoms with van der Waals surface area (Å²) in [6, 6.07) is 3.64. The van der Waals surface area contributed by atoms with Gasteiger partial charge >= 0.3 is 6.03 Å². The largest absolute Gasteiger partial charge is 0.349 e. The molecule has 0 saturated carbocycles. The Labute approximate surface area is 180 Å². The van der Waals surface area contributed by atoms with Crippen molar-refractivity contribution in [1.82, 2.24) is 20.1 Å². The Kier molecular flexibility index (Phi) is 5.67. The minimum absolute atomic E-state index is 0.0131. The Balaban J connectivity index is 1.72. The van der Waals surface area contributed by atoms with E-state index in [4.69, 9.17) is 0 Å². The van der Waals surface area contributed by atoms with Crippen molar-refractivity contribution in [1.29, 1.82) is 0 Å². The van der Waals surface area contributed by atoms with E-state index in [1.54, 1.807) is 28.8 Å². The number of nitro groups is 1. The molecule has 0 unspecified atom stereocenters. The summed E-state index contributed by atoms with van der Waals surface area (Å²) < 4.78 is 0. The van der Waals surface area contributed by atoms with Gasteiger partial charge in [0.2, 0.25) is 0 Å². The summed E-state index contributed by atoms with van der Waals surface area (Å²) in [6.07, 6.45) is 3.74. The molecule has 1 aliphatic heterocycles. The van der Waals surface area contributed by atoms with Crippen LogP contribution in [0.5, 0.6) is 0 Å². The van der Waals surface area contributed by atoms with E-state index in [1.807, 2.05) is 20.1 Å². The molecule has 0 radical (unpaired) electrons. The van der Waals surface area contributed by atoms with Crippen molar-refractivity contribution < 1.29 is 9.72 Å². The number of piperidine rings is 1. The molecule has 30 heavy (non-hydrogen) atoms. The maximum absolute atomic E-state index is 12.6. The Hall–Kier alpha value is -2.26. The van der Waals surface area contributed by atoms with Crippen LogP contribution in [0.1, 0.15) is 37.3 Å². The highest BCUT2D eigenvalue weighted by atomic mass is 32.2. The van der Waals surface area contributed by atoms with Gasteiger partial charge in [0.1, 0.15) is 0 Å². The predicted octanol–water partition coefficient (Wildman–Crippen LogP) is 3.56. The fourth-order valence-corrected chi connectivity index (χ4v) is 5.86. The Bertz CT molecular complexity index is 987. The molecule has 4 rings (SSSR count). The number of likely N-dealkylation sites (N-methyl/N-ethyl adjacent to an activating group) is 1. The van der Waals surface area contributed by atoms with Crippen LogP contribution in [0.3, 0.4) is 0 Å². The first-order valence-electron chi connectivity index (χ1n) is 10.5.